The molecule has 23 heavy (non-hydrogen) atoms. The second-order valence-electron chi connectivity index (χ2n) is 5.26. The minimum Gasteiger partial charge on any atom is -0.420 e. The maximum absolute atomic E-state index is 12.1. The van der Waals surface area contributed by atoms with Gasteiger partial charge in [0.15, 0.2) is 0 Å². The Balaban J connectivity index is 1.66. The van der Waals surface area contributed by atoms with Gasteiger partial charge in [0.05, 0.1) is 0 Å². The fourth-order valence-electron chi connectivity index (χ4n) is 2.10. The number of nitrogens with one attached hydrogen (secondary N) is 1. The first-order valence-corrected chi connectivity index (χ1v) is 7.22. The molecule has 0 saturated carbocycles. The van der Waals surface area contributed by atoms with Crippen LogP contribution >= 0.6 is 0 Å². The van der Waals surface area contributed by atoms with E-state index in [2.05, 4.69) is 20.5 Å². The van der Waals surface area contributed by atoms with Crippen LogP contribution in [0, 0.1) is 13.8 Å². The van der Waals surface area contributed by atoms with Crippen LogP contribution in [0.5, 0.6) is 0 Å². The van der Waals surface area contributed by atoms with Gasteiger partial charge in [-0.25, -0.2) is 0 Å². The zero-order chi connectivity index (χ0) is 16.2. The van der Waals surface area contributed by atoms with Crippen molar-refractivity contribution in [2.24, 2.45) is 0 Å². The predicted octanol–water partition coefficient (Wildman–Crippen LogP) is 2.93. The molecule has 0 aliphatic rings. The summed E-state index contributed by atoms with van der Waals surface area (Å²) in [6.07, 6.45) is 3.32. The highest BCUT2D eigenvalue weighted by Gasteiger charge is 2.12. The summed E-state index contributed by atoms with van der Waals surface area (Å²) in [4.78, 5) is 16.0. The summed E-state index contributed by atoms with van der Waals surface area (Å²) in [5.41, 5.74) is 3.84. The Bertz CT molecular complexity index is 828. The largest absolute Gasteiger partial charge is 0.420 e. The van der Waals surface area contributed by atoms with Crippen molar-refractivity contribution in [2.45, 2.75) is 20.3 Å². The van der Waals surface area contributed by atoms with Gasteiger partial charge >= 0.3 is 0 Å². The van der Waals surface area contributed by atoms with E-state index in [1.54, 1.807) is 24.5 Å². The van der Waals surface area contributed by atoms with E-state index in [0.29, 0.717) is 5.89 Å². The van der Waals surface area contributed by atoms with Crippen molar-refractivity contribution in [1.82, 2.24) is 15.2 Å². The molecule has 1 aromatic carbocycles. The Morgan fingerprint density at radius 2 is 1.87 bits per heavy atom. The standard InChI is InChI=1S/C17H16N4O2/c1-11-3-4-14(9-12(11)2)19-15(22)10-16-20-21-17(23-16)13-5-7-18-8-6-13/h3-9H,10H2,1-2H3,(H,19,22). The van der Waals surface area contributed by atoms with Crippen molar-refractivity contribution in [3.05, 3.63) is 59.7 Å². The number of anilines is 1. The lowest BCUT2D eigenvalue weighted by atomic mass is 10.1. The van der Waals surface area contributed by atoms with E-state index in [1.165, 1.54) is 5.56 Å². The number of hydrogen-bond donors (Lipinski definition) is 1. The number of aromatic nitrogens is 3. The number of benzene rings is 1. The van der Waals surface area contributed by atoms with Gasteiger partial charge in [0, 0.05) is 23.6 Å². The van der Waals surface area contributed by atoms with Crippen LogP contribution in [0.1, 0.15) is 17.0 Å². The smallest absolute Gasteiger partial charge is 0.247 e. The van der Waals surface area contributed by atoms with Crippen LogP contribution in [0.2, 0.25) is 0 Å². The Morgan fingerprint density at radius 1 is 1.09 bits per heavy atom. The minimum atomic E-state index is -0.196. The topological polar surface area (TPSA) is 80.9 Å². The second kappa shape index (κ2) is 6.39. The lowest BCUT2D eigenvalue weighted by Crippen LogP contribution is -2.14. The number of carbonyl (C=O) groups is 1. The van der Waals surface area contributed by atoms with E-state index in [4.69, 9.17) is 4.42 Å². The van der Waals surface area contributed by atoms with E-state index in [0.717, 1.165) is 16.8 Å². The molecule has 0 unspecified atom stereocenters. The highest BCUT2D eigenvalue weighted by molar-refractivity contribution is 5.91. The van der Waals surface area contributed by atoms with Crippen molar-refractivity contribution in [1.29, 1.82) is 0 Å². The number of rotatable bonds is 4. The highest BCUT2D eigenvalue weighted by Crippen LogP contribution is 2.17. The second-order valence-corrected chi connectivity index (χ2v) is 5.26. The molecule has 3 rings (SSSR count). The predicted molar refractivity (Wildman–Crippen MR) is 85.8 cm³/mol. The average Bonchev–Trinajstić information content (AvgIpc) is 3.00. The zero-order valence-electron chi connectivity index (χ0n) is 12.9. The van der Waals surface area contributed by atoms with Gasteiger partial charge in [0.2, 0.25) is 17.7 Å². The number of carbonyl (C=O) groups excluding carboxylic acids is 1. The van der Waals surface area contributed by atoms with Crippen LogP contribution in [-0.4, -0.2) is 21.1 Å². The van der Waals surface area contributed by atoms with Crippen molar-refractivity contribution in [2.75, 3.05) is 5.32 Å². The summed E-state index contributed by atoms with van der Waals surface area (Å²) in [7, 11) is 0. The Hall–Kier alpha value is -3.02. The Labute approximate surface area is 133 Å². The first-order valence-electron chi connectivity index (χ1n) is 7.22. The van der Waals surface area contributed by atoms with E-state index >= 15 is 0 Å². The third-order valence-electron chi connectivity index (χ3n) is 3.50. The lowest BCUT2D eigenvalue weighted by molar-refractivity contribution is -0.115. The molecule has 3 aromatic rings. The van der Waals surface area contributed by atoms with Gasteiger partial charge in [-0.2, -0.15) is 0 Å². The van der Waals surface area contributed by atoms with Crippen molar-refractivity contribution in [3.63, 3.8) is 0 Å². The third-order valence-corrected chi connectivity index (χ3v) is 3.50. The molecule has 0 spiro atoms. The molecular weight excluding hydrogens is 292 g/mol. The quantitative estimate of drug-likeness (QED) is 0.801. The summed E-state index contributed by atoms with van der Waals surface area (Å²) < 4.78 is 5.51. The molecule has 2 heterocycles. The molecule has 6 nitrogen and oxygen atoms in total. The zero-order valence-corrected chi connectivity index (χ0v) is 12.9. The van der Waals surface area contributed by atoms with E-state index < -0.39 is 0 Å². The van der Waals surface area contributed by atoms with Gasteiger partial charge in [-0.15, -0.1) is 10.2 Å². The van der Waals surface area contributed by atoms with Crippen molar-refractivity contribution >= 4 is 11.6 Å². The number of pyridine rings is 1. The van der Waals surface area contributed by atoms with Crippen LogP contribution in [0.4, 0.5) is 5.69 Å². The van der Waals surface area contributed by atoms with E-state index in [9.17, 15) is 4.79 Å². The molecular formula is C17H16N4O2. The van der Waals surface area contributed by atoms with E-state index in [-0.39, 0.29) is 18.2 Å². The van der Waals surface area contributed by atoms with Crippen LogP contribution in [-0.2, 0) is 11.2 Å². The molecule has 0 saturated heterocycles. The molecule has 116 valence electrons. The molecule has 1 amide bonds. The van der Waals surface area contributed by atoms with Crippen LogP contribution < -0.4 is 5.32 Å². The van der Waals surface area contributed by atoms with Crippen LogP contribution in [0.25, 0.3) is 11.5 Å². The van der Waals surface area contributed by atoms with Gasteiger partial charge in [-0.05, 0) is 49.2 Å². The normalized spacial score (nSPS) is 10.5. The monoisotopic (exact) mass is 308 g/mol. The molecule has 6 heteroatoms. The fourth-order valence-corrected chi connectivity index (χ4v) is 2.10. The molecule has 0 aliphatic heterocycles. The van der Waals surface area contributed by atoms with Gasteiger partial charge < -0.3 is 9.73 Å². The summed E-state index contributed by atoms with van der Waals surface area (Å²) in [6, 6.07) is 9.32. The molecule has 0 aliphatic carbocycles. The third kappa shape index (κ3) is 3.60. The number of hydrogen-bond acceptors (Lipinski definition) is 5. The summed E-state index contributed by atoms with van der Waals surface area (Å²) in [6.45, 7) is 4.03. The summed E-state index contributed by atoms with van der Waals surface area (Å²) in [5.74, 6) is 0.456. The SMILES string of the molecule is Cc1ccc(NC(=O)Cc2nnc(-c3ccncc3)o2)cc1C. The van der Waals surface area contributed by atoms with Crippen LogP contribution in [0.3, 0.4) is 0 Å². The number of amides is 1. The molecule has 0 atom stereocenters. The van der Waals surface area contributed by atoms with Gasteiger partial charge in [-0.3, -0.25) is 9.78 Å². The average molecular weight is 308 g/mol. The molecule has 0 fully saturated rings. The first-order chi connectivity index (χ1) is 11.1. The molecule has 1 N–H and O–H groups in total. The van der Waals surface area contributed by atoms with Gasteiger partial charge in [-0.1, -0.05) is 6.07 Å². The van der Waals surface area contributed by atoms with Gasteiger partial charge in [0.1, 0.15) is 6.42 Å². The fraction of sp³-hybridized carbons (Fsp3) is 0.176. The number of aryl methyl sites for hydroxylation is 2. The minimum absolute atomic E-state index is 0.0327. The lowest BCUT2D eigenvalue weighted by Gasteiger charge is -2.06. The maximum Gasteiger partial charge on any atom is 0.247 e. The molecule has 2 aromatic heterocycles. The highest BCUT2D eigenvalue weighted by atomic mass is 16.4. The Kier molecular flexibility index (Phi) is 4.14. The van der Waals surface area contributed by atoms with E-state index in [1.807, 2.05) is 32.0 Å². The maximum atomic E-state index is 12.1. The number of nitrogens with zero attached hydrogens (tertiary/aromatic N) is 3. The summed E-state index contributed by atoms with van der Waals surface area (Å²) in [5, 5.41) is 10.7. The first kappa shape index (κ1) is 14.9. The van der Waals surface area contributed by atoms with Gasteiger partial charge in [0.25, 0.3) is 0 Å². The van der Waals surface area contributed by atoms with Crippen LogP contribution in [0.15, 0.2) is 47.1 Å². The van der Waals surface area contributed by atoms with Crippen molar-refractivity contribution in [3.8, 4) is 11.5 Å². The Morgan fingerprint density at radius 3 is 2.61 bits per heavy atom. The molecule has 0 bridgehead atoms. The molecule has 0 radical (unpaired) electrons. The summed E-state index contributed by atoms with van der Waals surface area (Å²) >= 11 is 0. The van der Waals surface area contributed by atoms with Crippen molar-refractivity contribution < 1.29 is 9.21 Å².